The zero-order valence-corrected chi connectivity index (χ0v) is 21.6. The van der Waals surface area contributed by atoms with Gasteiger partial charge in [-0.2, -0.15) is 5.10 Å². The molecule has 8 nitrogen and oxygen atoms in total. The van der Waals surface area contributed by atoms with Gasteiger partial charge in [0.05, 0.1) is 29.3 Å². The molecular weight excluding hydrogens is 474 g/mol. The van der Waals surface area contributed by atoms with Gasteiger partial charge >= 0.3 is 0 Å². The predicted octanol–water partition coefficient (Wildman–Crippen LogP) is 5.63. The van der Waals surface area contributed by atoms with Crippen LogP contribution in [0.15, 0.2) is 55.0 Å². The molecule has 0 aliphatic carbocycles. The SMILES string of the molecule is c1cc(N2CCCCC2)c2cc(-c3n[nH]c4cnc(-c5cncc(OCCN6CCCC6)c5)cc34)[nH]c2c1. The lowest BCUT2D eigenvalue weighted by molar-refractivity contribution is 0.237. The number of rotatable bonds is 7. The Balaban J connectivity index is 1.18. The fourth-order valence-corrected chi connectivity index (χ4v) is 5.89. The number of H-pyrrole nitrogens is 2. The highest BCUT2D eigenvalue weighted by atomic mass is 16.5. The number of hydrogen-bond acceptors (Lipinski definition) is 6. The Hall–Kier alpha value is -3.91. The molecule has 0 bridgehead atoms. The summed E-state index contributed by atoms with van der Waals surface area (Å²) in [5.41, 5.74) is 7.03. The Labute approximate surface area is 222 Å². The van der Waals surface area contributed by atoms with E-state index in [0.717, 1.165) is 64.4 Å². The van der Waals surface area contributed by atoms with E-state index in [4.69, 9.17) is 9.72 Å². The smallest absolute Gasteiger partial charge is 0.138 e. The molecule has 2 fully saturated rings. The van der Waals surface area contributed by atoms with Crippen LogP contribution in [0.1, 0.15) is 32.1 Å². The van der Waals surface area contributed by atoms with Crippen molar-refractivity contribution in [3.05, 3.63) is 55.0 Å². The molecule has 38 heavy (non-hydrogen) atoms. The number of likely N-dealkylation sites (tertiary alicyclic amines) is 1. The minimum absolute atomic E-state index is 0.670. The van der Waals surface area contributed by atoms with Crippen molar-refractivity contribution < 1.29 is 4.74 Å². The number of anilines is 1. The number of nitrogens with one attached hydrogen (secondary N) is 2. The van der Waals surface area contributed by atoms with Gasteiger partial charge in [0.1, 0.15) is 18.1 Å². The first-order chi connectivity index (χ1) is 18.8. The maximum absolute atomic E-state index is 6.03. The molecule has 4 aromatic heterocycles. The van der Waals surface area contributed by atoms with Gasteiger partial charge in [-0.3, -0.25) is 20.0 Å². The molecule has 0 spiro atoms. The number of nitrogens with zero attached hydrogens (tertiary/aromatic N) is 5. The van der Waals surface area contributed by atoms with Crippen LogP contribution in [-0.2, 0) is 0 Å². The lowest BCUT2D eigenvalue weighted by atomic mass is 10.1. The zero-order chi connectivity index (χ0) is 25.3. The molecule has 6 heterocycles. The minimum Gasteiger partial charge on any atom is -0.491 e. The first kappa shape index (κ1) is 23.2. The number of aromatic amines is 2. The Morgan fingerprint density at radius 2 is 1.71 bits per heavy atom. The molecule has 8 heteroatoms. The average molecular weight is 508 g/mol. The summed E-state index contributed by atoms with van der Waals surface area (Å²) in [4.78, 5) is 17.7. The molecule has 0 amide bonds. The van der Waals surface area contributed by atoms with Gasteiger partial charge in [0.25, 0.3) is 0 Å². The van der Waals surface area contributed by atoms with Crippen molar-refractivity contribution in [1.29, 1.82) is 0 Å². The van der Waals surface area contributed by atoms with E-state index in [1.807, 2.05) is 18.5 Å². The van der Waals surface area contributed by atoms with Crippen molar-refractivity contribution in [3.63, 3.8) is 0 Å². The highest BCUT2D eigenvalue weighted by molar-refractivity contribution is 6.00. The summed E-state index contributed by atoms with van der Waals surface area (Å²) in [5, 5.41) is 10.1. The summed E-state index contributed by atoms with van der Waals surface area (Å²) in [6.45, 7) is 6.22. The van der Waals surface area contributed by atoms with Crippen molar-refractivity contribution in [2.45, 2.75) is 32.1 Å². The van der Waals surface area contributed by atoms with Gasteiger partial charge in [0.15, 0.2) is 0 Å². The second kappa shape index (κ2) is 10.1. The summed E-state index contributed by atoms with van der Waals surface area (Å²) in [7, 11) is 0. The molecule has 0 radical (unpaired) electrons. The lowest BCUT2D eigenvalue weighted by Gasteiger charge is -2.29. The number of ether oxygens (including phenoxy) is 1. The van der Waals surface area contributed by atoms with Crippen LogP contribution in [0.25, 0.3) is 44.5 Å². The zero-order valence-electron chi connectivity index (χ0n) is 21.6. The van der Waals surface area contributed by atoms with Gasteiger partial charge in [-0.15, -0.1) is 0 Å². The first-order valence-corrected chi connectivity index (χ1v) is 13.8. The molecule has 7 rings (SSSR count). The Morgan fingerprint density at radius 1 is 0.842 bits per heavy atom. The van der Waals surface area contributed by atoms with E-state index in [1.165, 1.54) is 56.3 Å². The molecule has 2 aliphatic heterocycles. The topological polar surface area (TPSA) is 86.0 Å². The standard InChI is InChI=1S/C30H33N7O/c1-2-11-37(12-3-1)29-8-6-7-25-23(29)16-27(33-25)30-24-17-26(32-20-28(24)34-35-30)21-15-22(19-31-18-21)38-14-13-36-9-4-5-10-36/h6-8,15-20,33H,1-5,9-14H2,(H,34,35). The summed E-state index contributed by atoms with van der Waals surface area (Å²) in [5.74, 6) is 0.775. The number of piperidine rings is 1. The molecule has 194 valence electrons. The minimum atomic E-state index is 0.670. The van der Waals surface area contributed by atoms with Gasteiger partial charge in [-0.1, -0.05) is 6.07 Å². The molecular formula is C30H33N7O. The van der Waals surface area contributed by atoms with Gasteiger partial charge < -0.3 is 14.6 Å². The summed E-state index contributed by atoms with van der Waals surface area (Å²) in [6.07, 6.45) is 11.9. The van der Waals surface area contributed by atoms with Crippen LogP contribution >= 0.6 is 0 Å². The van der Waals surface area contributed by atoms with Crippen LogP contribution in [0.2, 0.25) is 0 Å². The number of pyridine rings is 2. The largest absolute Gasteiger partial charge is 0.491 e. The molecule has 2 saturated heterocycles. The van der Waals surface area contributed by atoms with Crippen LogP contribution < -0.4 is 9.64 Å². The van der Waals surface area contributed by atoms with E-state index in [0.29, 0.717) is 6.61 Å². The van der Waals surface area contributed by atoms with Crippen LogP contribution in [-0.4, -0.2) is 69.4 Å². The molecule has 1 aromatic carbocycles. The Morgan fingerprint density at radius 3 is 2.61 bits per heavy atom. The van der Waals surface area contributed by atoms with Crippen LogP contribution in [0.3, 0.4) is 0 Å². The van der Waals surface area contributed by atoms with Crippen LogP contribution in [0, 0.1) is 0 Å². The maximum Gasteiger partial charge on any atom is 0.138 e. The summed E-state index contributed by atoms with van der Waals surface area (Å²) in [6, 6.07) is 12.9. The van der Waals surface area contributed by atoms with E-state index >= 15 is 0 Å². The van der Waals surface area contributed by atoms with E-state index in [-0.39, 0.29) is 0 Å². The highest BCUT2D eigenvalue weighted by Crippen LogP contribution is 2.35. The molecule has 0 unspecified atom stereocenters. The van der Waals surface area contributed by atoms with Crippen molar-refractivity contribution >= 4 is 27.5 Å². The van der Waals surface area contributed by atoms with Gasteiger partial charge in [0.2, 0.25) is 0 Å². The third-order valence-electron chi connectivity index (χ3n) is 7.92. The number of hydrogen-bond donors (Lipinski definition) is 2. The van der Waals surface area contributed by atoms with Gasteiger partial charge in [-0.25, -0.2) is 0 Å². The molecule has 0 atom stereocenters. The number of benzene rings is 1. The van der Waals surface area contributed by atoms with Gasteiger partial charge in [-0.05, 0) is 75.5 Å². The van der Waals surface area contributed by atoms with E-state index in [1.54, 1.807) is 6.20 Å². The monoisotopic (exact) mass is 507 g/mol. The van der Waals surface area contributed by atoms with E-state index in [2.05, 4.69) is 60.3 Å². The average Bonchev–Trinajstić information content (AvgIpc) is 3.73. The summed E-state index contributed by atoms with van der Waals surface area (Å²) >= 11 is 0. The number of aromatic nitrogens is 5. The van der Waals surface area contributed by atoms with Crippen molar-refractivity contribution in [1.82, 2.24) is 30.0 Å². The molecule has 0 saturated carbocycles. The third-order valence-corrected chi connectivity index (χ3v) is 7.92. The second-order valence-electron chi connectivity index (χ2n) is 10.5. The third kappa shape index (κ3) is 4.49. The molecule has 2 N–H and O–H groups in total. The fourth-order valence-electron chi connectivity index (χ4n) is 5.89. The predicted molar refractivity (Wildman–Crippen MR) is 152 cm³/mol. The summed E-state index contributed by atoms with van der Waals surface area (Å²) < 4.78 is 6.03. The number of fused-ring (bicyclic) bond motifs is 2. The normalized spacial score (nSPS) is 16.6. The van der Waals surface area contributed by atoms with Crippen molar-refractivity contribution in [2.24, 2.45) is 0 Å². The van der Waals surface area contributed by atoms with E-state index in [9.17, 15) is 0 Å². The maximum atomic E-state index is 6.03. The van der Waals surface area contributed by atoms with Crippen LogP contribution in [0.4, 0.5) is 5.69 Å². The van der Waals surface area contributed by atoms with Gasteiger partial charge in [0, 0.05) is 53.4 Å². The Kier molecular flexibility index (Phi) is 6.17. The Bertz CT molecular complexity index is 1560. The van der Waals surface area contributed by atoms with E-state index < -0.39 is 0 Å². The van der Waals surface area contributed by atoms with Crippen molar-refractivity contribution in [3.8, 4) is 28.4 Å². The van der Waals surface area contributed by atoms with Crippen LogP contribution in [0.5, 0.6) is 5.75 Å². The molecule has 5 aromatic rings. The second-order valence-corrected chi connectivity index (χ2v) is 10.5. The van der Waals surface area contributed by atoms with Crippen molar-refractivity contribution in [2.75, 3.05) is 44.2 Å². The first-order valence-electron chi connectivity index (χ1n) is 13.8. The quantitative estimate of drug-likeness (QED) is 0.297. The lowest BCUT2D eigenvalue weighted by Crippen LogP contribution is -2.29. The highest BCUT2D eigenvalue weighted by Gasteiger charge is 2.18. The molecule has 2 aliphatic rings. The fraction of sp³-hybridized carbons (Fsp3) is 0.367.